The molecule has 1 aliphatic heterocycles. The second kappa shape index (κ2) is 7.95. The van der Waals surface area contributed by atoms with Gasteiger partial charge in [0.15, 0.2) is 0 Å². The molecule has 1 atom stereocenters. The van der Waals surface area contributed by atoms with E-state index in [0.29, 0.717) is 16.8 Å². The monoisotopic (exact) mass is 437 g/mol. The number of ether oxygens (including phenoxy) is 1. The summed E-state index contributed by atoms with van der Waals surface area (Å²) in [6, 6.07) is 27.1. The third kappa shape index (κ3) is 3.06. The number of hydrogen-bond acceptors (Lipinski definition) is 5. The van der Waals surface area contributed by atoms with Crippen molar-refractivity contribution in [1.82, 2.24) is 4.57 Å². The molecule has 3 aromatic carbocycles. The number of aromatic nitrogens is 1. The molecule has 0 amide bonds. The van der Waals surface area contributed by atoms with E-state index >= 15 is 0 Å². The minimum Gasteiger partial charge on any atom is -0.439 e. The first kappa shape index (κ1) is 20.0. The maximum atomic E-state index is 14.0. The van der Waals surface area contributed by atoms with Crippen molar-refractivity contribution < 1.29 is 4.74 Å². The fourth-order valence-electron chi connectivity index (χ4n) is 4.23. The molecule has 32 heavy (non-hydrogen) atoms. The van der Waals surface area contributed by atoms with Gasteiger partial charge in [-0.1, -0.05) is 42.5 Å². The van der Waals surface area contributed by atoms with Crippen LogP contribution in [0.2, 0.25) is 0 Å². The first-order chi connectivity index (χ1) is 15.6. The molecule has 2 heterocycles. The van der Waals surface area contributed by atoms with Gasteiger partial charge in [0.1, 0.15) is 17.4 Å². The molecule has 5 rings (SSSR count). The number of thioether (sulfide) groups is 1. The molecule has 0 saturated carbocycles. The van der Waals surface area contributed by atoms with Crippen molar-refractivity contribution in [2.75, 3.05) is 6.26 Å². The van der Waals surface area contributed by atoms with E-state index in [1.165, 1.54) is 0 Å². The molecule has 0 saturated heterocycles. The predicted octanol–water partition coefficient (Wildman–Crippen LogP) is 4.93. The molecule has 0 spiro atoms. The van der Waals surface area contributed by atoms with Crippen molar-refractivity contribution in [2.45, 2.75) is 10.8 Å². The van der Waals surface area contributed by atoms with E-state index < -0.39 is 5.92 Å². The number of rotatable bonds is 3. The second-order valence-electron chi connectivity index (χ2n) is 7.43. The highest BCUT2D eigenvalue weighted by atomic mass is 32.2. The summed E-state index contributed by atoms with van der Waals surface area (Å²) in [6.07, 6.45) is 2.00. The van der Waals surface area contributed by atoms with Crippen molar-refractivity contribution in [3.05, 3.63) is 112 Å². The van der Waals surface area contributed by atoms with Crippen LogP contribution in [0, 0.1) is 11.3 Å². The summed E-state index contributed by atoms with van der Waals surface area (Å²) in [4.78, 5) is 15.1. The minimum absolute atomic E-state index is 0.0287. The normalized spacial score (nSPS) is 15.2. The van der Waals surface area contributed by atoms with Gasteiger partial charge >= 0.3 is 0 Å². The van der Waals surface area contributed by atoms with Gasteiger partial charge in [0.05, 0.1) is 17.0 Å². The highest BCUT2D eigenvalue weighted by molar-refractivity contribution is 7.98. The third-order valence-electron chi connectivity index (χ3n) is 5.71. The molecular formula is C26H19N3O2S. The second-order valence-corrected chi connectivity index (χ2v) is 8.31. The Bertz CT molecular complexity index is 1470. The zero-order valence-corrected chi connectivity index (χ0v) is 18.1. The SMILES string of the molecule is CSc1ccc(C2C(C#N)=C(N)Oc3c2c(=O)n(-c2ccccc2)c2ccccc32)cc1. The lowest BCUT2D eigenvalue weighted by Gasteiger charge is -2.28. The Hall–Kier alpha value is -3.95. The fourth-order valence-corrected chi connectivity index (χ4v) is 4.64. The lowest BCUT2D eigenvalue weighted by atomic mass is 9.83. The maximum absolute atomic E-state index is 14.0. The van der Waals surface area contributed by atoms with Gasteiger partial charge in [-0.2, -0.15) is 5.26 Å². The summed E-state index contributed by atoms with van der Waals surface area (Å²) in [5, 5.41) is 10.7. The van der Waals surface area contributed by atoms with Crippen LogP contribution in [0.3, 0.4) is 0 Å². The fraction of sp³-hybridized carbons (Fsp3) is 0.0769. The average Bonchev–Trinajstić information content (AvgIpc) is 2.84. The number of nitriles is 1. The van der Waals surface area contributed by atoms with Crippen LogP contribution in [0.15, 0.2) is 100 Å². The molecule has 6 heteroatoms. The summed E-state index contributed by atoms with van der Waals surface area (Å²) in [5.41, 5.74) is 8.90. The van der Waals surface area contributed by atoms with Crippen LogP contribution in [0.5, 0.6) is 5.75 Å². The largest absolute Gasteiger partial charge is 0.439 e. The highest BCUT2D eigenvalue weighted by Gasteiger charge is 2.35. The van der Waals surface area contributed by atoms with Gasteiger partial charge in [-0.05, 0) is 48.2 Å². The number of nitrogens with zero attached hydrogens (tertiary/aromatic N) is 2. The molecule has 0 bridgehead atoms. The van der Waals surface area contributed by atoms with Gasteiger partial charge in [-0.25, -0.2) is 0 Å². The molecule has 1 aliphatic rings. The Balaban J connectivity index is 1.89. The Kier molecular flexibility index (Phi) is 4.96. The standard InChI is InChI=1S/C26H19N3O2S/c1-32-18-13-11-16(12-14-18)22-20(15-27)25(28)31-24-19-9-5-6-10-21(19)29(26(30)23(22)24)17-7-3-2-4-8-17/h2-14,22H,28H2,1H3. The quantitative estimate of drug-likeness (QED) is 0.460. The summed E-state index contributed by atoms with van der Waals surface area (Å²) in [6.45, 7) is 0. The van der Waals surface area contributed by atoms with E-state index in [4.69, 9.17) is 10.5 Å². The molecule has 0 aliphatic carbocycles. The van der Waals surface area contributed by atoms with E-state index in [0.717, 1.165) is 21.5 Å². The molecule has 1 unspecified atom stereocenters. The van der Waals surface area contributed by atoms with Crippen LogP contribution in [0.25, 0.3) is 16.6 Å². The lowest BCUT2D eigenvalue weighted by Crippen LogP contribution is -2.31. The summed E-state index contributed by atoms with van der Waals surface area (Å²) in [7, 11) is 0. The highest BCUT2D eigenvalue weighted by Crippen LogP contribution is 2.44. The van der Waals surface area contributed by atoms with Crippen molar-refractivity contribution in [1.29, 1.82) is 5.26 Å². The molecule has 4 aromatic rings. The van der Waals surface area contributed by atoms with Gasteiger partial charge in [-0.3, -0.25) is 9.36 Å². The molecule has 0 fully saturated rings. The number of fused-ring (bicyclic) bond motifs is 3. The summed E-state index contributed by atoms with van der Waals surface area (Å²) >= 11 is 1.63. The van der Waals surface area contributed by atoms with Gasteiger partial charge in [0.25, 0.3) is 5.56 Å². The Morgan fingerprint density at radius 2 is 1.69 bits per heavy atom. The van der Waals surface area contributed by atoms with Gasteiger partial charge in [-0.15, -0.1) is 11.8 Å². The number of benzene rings is 3. The molecule has 156 valence electrons. The van der Waals surface area contributed by atoms with E-state index in [2.05, 4.69) is 6.07 Å². The number of para-hydroxylation sites is 2. The summed E-state index contributed by atoms with van der Waals surface area (Å²) < 4.78 is 7.61. The number of allylic oxidation sites excluding steroid dienone is 1. The third-order valence-corrected chi connectivity index (χ3v) is 6.45. The number of pyridine rings is 1. The zero-order valence-electron chi connectivity index (χ0n) is 17.3. The van der Waals surface area contributed by atoms with Crippen LogP contribution in [-0.4, -0.2) is 10.8 Å². The van der Waals surface area contributed by atoms with Crippen LogP contribution >= 0.6 is 11.8 Å². The van der Waals surface area contributed by atoms with Gasteiger partial charge < -0.3 is 10.5 Å². The van der Waals surface area contributed by atoms with Gasteiger partial charge in [0, 0.05) is 16.0 Å². The van der Waals surface area contributed by atoms with E-state index in [-0.39, 0.29) is 17.0 Å². The van der Waals surface area contributed by atoms with E-state index in [9.17, 15) is 10.1 Å². The van der Waals surface area contributed by atoms with Crippen molar-refractivity contribution in [3.8, 4) is 17.5 Å². The maximum Gasteiger partial charge on any atom is 0.263 e. The minimum atomic E-state index is -0.619. The molecule has 1 aromatic heterocycles. The Labute approximate surface area is 189 Å². The van der Waals surface area contributed by atoms with Crippen molar-refractivity contribution in [2.24, 2.45) is 5.73 Å². The first-order valence-corrected chi connectivity index (χ1v) is 11.3. The molecule has 5 nitrogen and oxygen atoms in total. The molecule has 0 radical (unpaired) electrons. The zero-order chi connectivity index (χ0) is 22.2. The average molecular weight is 438 g/mol. The topological polar surface area (TPSA) is 81.0 Å². The van der Waals surface area contributed by atoms with E-state index in [1.54, 1.807) is 16.3 Å². The van der Waals surface area contributed by atoms with Crippen molar-refractivity contribution >= 4 is 22.7 Å². The smallest absolute Gasteiger partial charge is 0.263 e. The summed E-state index contributed by atoms with van der Waals surface area (Å²) in [5.74, 6) is -0.180. The Morgan fingerprint density at radius 3 is 2.38 bits per heavy atom. The number of nitrogens with two attached hydrogens (primary N) is 1. The lowest BCUT2D eigenvalue weighted by molar-refractivity contribution is 0.396. The molecule has 2 N–H and O–H groups in total. The van der Waals surface area contributed by atoms with E-state index in [1.807, 2.05) is 85.1 Å². The molecular weight excluding hydrogens is 418 g/mol. The van der Waals surface area contributed by atoms with Gasteiger partial charge in [0.2, 0.25) is 5.88 Å². The van der Waals surface area contributed by atoms with Crippen LogP contribution in [0.1, 0.15) is 17.0 Å². The predicted molar refractivity (Wildman–Crippen MR) is 127 cm³/mol. The first-order valence-electron chi connectivity index (χ1n) is 10.1. The van der Waals surface area contributed by atoms with Crippen LogP contribution in [-0.2, 0) is 0 Å². The number of hydrogen-bond donors (Lipinski definition) is 1. The Morgan fingerprint density at radius 1 is 1.00 bits per heavy atom. The van der Waals surface area contributed by atoms with Crippen molar-refractivity contribution in [3.63, 3.8) is 0 Å². The van der Waals surface area contributed by atoms with Crippen LogP contribution < -0.4 is 16.0 Å². The van der Waals surface area contributed by atoms with Crippen LogP contribution in [0.4, 0.5) is 0 Å².